The molecule has 0 aliphatic rings. The van der Waals surface area contributed by atoms with Crippen LogP contribution in [0.15, 0.2) is 48.5 Å². The van der Waals surface area contributed by atoms with Crippen LogP contribution in [0.3, 0.4) is 0 Å². The maximum absolute atomic E-state index is 13.6. The maximum Gasteiger partial charge on any atom is 0.426 e. The quantitative estimate of drug-likeness (QED) is 0.498. The molecule has 0 bridgehead atoms. The molecule has 10 heteroatoms. The molecule has 1 unspecified atom stereocenters. The Bertz CT molecular complexity index is 802. The summed E-state index contributed by atoms with van der Waals surface area (Å²) in [5, 5.41) is 21.3. The molecule has 0 aliphatic heterocycles. The van der Waals surface area contributed by atoms with Crippen LogP contribution in [-0.2, 0) is 11.8 Å². The lowest BCUT2D eigenvalue weighted by molar-refractivity contribution is -0.388. The molecule has 4 nitrogen and oxygen atoms in total. The van der Waals surface area contributed by atoms with Crippen LogP contribution in [0.1, 0.15) is 16.7 Å². The molecule has 0 heterocycles. The molecule has 0 saturated heterocycles. The summed E-state index contributed by atoms with van der Waals surface area (Å²) in [7, 11) is 0. The van der Waals surface area contributed by atoms with Crippen LogP contribution in [0.4, 0.5) is 32.0 Å². The Kier molecular flexibility index (Phi) is 4.51. The molecule has 25 heavy (non-hydrogen) atoms. The van der Waals surface area contributed by atoms with E-state index in [1.807, 2.05) is 0 Å². The van der Waals surface area contributed by atoms with E-state index in [1.54, 1.807) is 0 Å². The summed E-state index contributed by atoms with van der Waals surface area (Å²) in [6.45, 7) is 0. The predicted molar refractivity (Wildman–Crippen MR) is 73.6 cm³/mol. The van der Waals surface area contributed by atoms with Gasteiger partial charge in [0.2, 0.25) is 5.60 Å². The lowest BCUT2D eigenvalue weighted by atomic mass is 9.82. The van der Waals surface area contributed by atoms with Crippen molar-refractivity contribution in [1.82, 2.24) is 0 Å². The molecule has 0 saturated carbocycles. The lowest BCUT2D eigenvalue weighted by Crippen LogP contribution is -2.45. The molecule has 2 aromatic carbocycles. The monoisotopic (exact) mass is 365 g/mol. The van der Waals surface area contributed by atoms with Gasteiger partial charge in [-0.25, -0.2) is 0 Å². The third-order valence-corrected chi connectivity index (χ3v) is 3.52. The van der Waals surface area contributed by atoms with E-state index in [-0.39, 0.29) is 0 Å². The molecule has 2 aromatic rings. The van der Waals surface area contributed by atoms with Gasteiger partial charge in [-0.3, -0.25) is 10.1 Å². The highest BCUT2D eigenvalue weighted by Crippen LogP contribution is 2.50. The van der Waals surface area contributed by atoms with Gasteiger partial charge in [0.1, 0.15) is 0 Å². The van der Waals surface area contributed by atoms with Gasteiger partial charge in [0.25, 0.3) is 5.69 Å². The number of para-hydroxylation sites is 1. The van der Waals surface area contributed by atoms with Gasteiger partial charge in [-0.15, -0.1) is 0 Å². The minimum atomic E-state index is -5.65. The summed E-state index contributed by atoms with van der Waals surface area (Å²) < 4.78 is 80.3. The number of alkyl halides is 6. The zero-order valence-corrected chi connectivity index (χ0v) is 12.1. The van der Waals surface area contributed by atoms with Crippen LogP contribution < -0.4 is 0 Å². The molecule has 0 radical (unpaired) electrons. The number of halogens is 6. The van der Waals surface area contributed by atoms with Crippen molar-refractivity contribution >= 4 is 5.69 Å². The van der Waals surface area contributed by atoms with Gasteiger partial charge < -0.3 is 5.11 Å². The smallest absolute Gasteiger partial charge is 0.372 e. The van der Waals surface area contributed by atoms with E-state index >= 15 is 0 Å². The molecular formula is C15H9F6NO3. The van der Waals surface area contributed by atoms with Gasteiger partial charge in [-0.1, -0.05) is 30.3 Å². The van der Waals surface area contributed by atoms with Crippen molar-refractivity contribution in [3.05, 3.63) is 75.3 Å². The van der Waals surface area contributed by atoms with Crippen molar-refractivity contribution in [3.63, 3.8) is 0 Å². The highest BCUT2D eigenvalue weighted by Gasteiger charge is 2.61. The number of nitrogens with zero attached hydrogens (tertiary/aromatic N) is 1. The molecule has 0 fully saturated rings. The Labute approximate surface area is 136 Å². The first-order valence-electron chi connectivity index (χ1n) is 6.60. The van der Waals surface area contributed by atoms with Gasteiger partial charge in [0.15, 0.2) is 0 Å². The minimum absolute atomic E-state index is 0.362. The van der Waals surface area contributed by atoms with Crippen molar-refractivity contribution in [2.75, 3.05) is 0 Å². The average Bonchev–Trinajstić information content (AvgIpc) is 2.52. The predicted octanol–water partition coefficient (Wildman–Crippen LogP) is 4.41. The number of hydrogen-bond acceptors (Lipinski definition) is 3. The molecule has 1 atom stereocenters. The van der Waals surface area contributed by atoms with E-state index in [0.29, 0.717) is 24.3 Å². The van der Waals surface area contributed by atoms with Gasteiger partial charge in [-0.05, 0) is 12.1 Å². The van der Waals surface area contributed by atoms with E-state index in [0.717, 1.165) is 24.3 Å². The first-order chi connectivity index (χ1) is 11.4. The molecule has 0 aromatic heterocycles. The van der Waals surface area contributed by atoms with Crippen molar-refractivity contribution in [1.29, 1.82) is 0 Å². The fourth-order valence-electron chi connectivity index (χ4n) is 2.44. The standard InChI is InChI=1S/C15H9F6NO3/c16-14(17,18)10-6-2-1-5-9(10)13(23,15(19,20)21)11-7-3-4-8-12(11)22(24)25/h1-8,23H. The van der Waals surface area contributed by atoms with Crippen LogP contribution in [0.5, 0.6) is 0 Å². The third-order valence-electron chi connectivity index (χ3n) is 3.52. The van der Waals surface area contributed by atoms with Gasteiger partial charge in [-0.2, -0.15) is 26.3 Å². The average molecular weight is 365 g/mol. The molecule has 134 valence electrons. The van der Waals surface area contributed by atoms with Crippen LogP contribution in [0.25, 0.3) is 0 Å². The van der Waals surface area contributed by atoms with Crippen LogP contribution >= 0.6 is 0 Å². The van der Waals surface area contributed by atoms with Gasteiger partial charge >= 0.3 is 12.4 Å². The summed E-state index contributed by atoms with van der Waals surface area (Å²) in [4.78, 5) is 9.81. The fraction of sp³-hybridized carbons (Fsp3) is 0.200. The SMILES string of the molecule is O=[N+]([O-])c1ccccc1C(O)(c1ccccc1C(F)(F)F)C(F)(F)F. The molecule has 2 rings (SSSR count). The Morgan fingerprint density at radius 2 is 1.24 bits per heavy atom. The Balaban J connectivity index is 2.92. The van der Waals surface area contributed by atoms with Crippen molar-refractivity contribution in [2.24, 2.45) is 0 Å². The summed E-state index contributed by atoms with van der Waals surface area (Å²) in [5.74, 6) is 0. The first kappa shape index (κ1) is 18.7. The summed E-state index contributed by atoms with van der Waals surface area (Å²) in [6.07, 6.45) is -10.9. The first-order valence-corrected chi connectivity index (χ1v) is 6.60. The third kappa shape index (κ3) is 3.16. The number of rotatable bonds is 3. The number of benzene rings is 2. The minimum Gasteiger partial charge on any atom is -0.372 e. The largest absolute Gasteiger partial charge is 0.426 e. The second-order valence-corrected chi connectivity index (χ2v) is 5.03. The molecule has 0 spiro atoms. The topological polar surface area (TPSA) is 63.4 Å². The normalized spacial score (nSPS) is 14.8. The fourth-order valence-corrected chi connectivity index (χ4v) is 2.44. The molecule has 0 amide bonds. The second kappa shape index (κ2) is 6.03. The second-order valence-electron chi connectivity index (χ2n) is 5.03. The number of nitro benzene ring substituents is 1. The number of hydrogen-bond donors (Lipinski definition) is 1. The highest BCUT2D eigenvalue weighted by molar-refractivity contribution is 5.52. The molecule has 0 aliphatic carbocycles. The highest BCUT2D eigenvalue weighted by atomic mass is 19.4. The van der Waals surface area contributed by atoms with E-state index < -0.39 is 45.3 Å². The summed E-state index contributed by atoms with van der Waals surface area (Å²) in [5.41, 5.74) is -9.95. The van der Waals surface area contributed by atoms with Gasteiger partial charge in [0, 0.05) is 11.6 Å². The molecule has 1 N–H and O–H groups in total. The maximum atomic E-state index is 13.6. The van der Waals surface area contributed by atoms with Gasteiger partial charge in [0.05, 0.1) is 16.1 Å². The number of aliphatic hydroxyl groups is 1. The Morgan fingerprint density at radius 1 is 0.800 bits per heavy atom. The van der Waals surface area contributed by atoms with Crippen LogP contribution in [-0.4, -0.2) is 16.2 Å². The van der Waals surface area contributed by atoms with Crippen molar-refractivity contribution < 1.29 is 36.4 Å². The zero-order chi connectivity index (χ0) is 19.0. The lowest BCUT2D eigenvalue weighted by Gasteiger charge is -2.33. The summed E-state index contributed by atoms with van der Waals surface area (Å²) in [6, 6.07) is 5.75. The number of nitro groups is 1. The molecular weight excluding hydrogens is 356 g/mol. The Hall–Kier alpha value is -2.62. The zero-order valence-electron chi connectivity index (χ0n) is 12.1. The van der Waals surface area contributed by atoms with E-state index in [9.17, 15) is 41.6 Å². The summed E-state index contributed by atoms with van der Waals surface area (Å²) >= 11 is 0. The van der Waals surface area contributed by atoms with Crippen molar-refractivity contribution in [3.8, 4) is 0 Å². The van der Waals surface area contributed by atoms with Crippen molar-refractivity contribution in [2.45, 2.75) is 18.0 Å². The van der Waals surface area contributed by atoms with E-state index in [4.69, 9.17) is 0 Å². The van der Waals surface area contributed by atoms with E-state index in [1.165, 1.54) is 0 Å². The van der Waals surface area contributed by atoms with E-state index in [2.05, 4.69) is 0 Å². The Morgan fingerprint density at radius 3 is 1.68 bits per heavy atom. The van der Waals surface area contributed by atoms with Crippen LogP contribution in [0, 0.1) is 10.1 Å². The van der Waals surface area contributed by atoms with Crippen LogP contribution in [0.2, 0.25) is 0 Å².